The van der Waals surface area contributed by atoms with Gasteiger partial charge in [-0.2, -0.15) is 0 Å². The summed E-state index contributed by atoms with van der Waals surface area (Å²) < 4.78 is 5.05. The van der Waals surface area contributed by atoms with Crippen molar-refractivity contribution in [2.45, 2.75) is 32.4 Å². The molecule has 0 atom stereocenters. The van der Waals surface area contributed by atoms with Crippen LogP contribution in [0.4, 0.5) is 16.2 Å². The largest absolute Gasteiger partial charge is 0.447 e. The lowest BCUT2D eigenvalue weighted by atomic mass is 10.0. The van der Waals surface area contributed by atoms with E-state index in [1.54, 1.807) is 16.7 Å². The molecule has 2 aromatic carbocycles. The Kier molecular flexibility index (Phi) is 11.0. The summed E-state index contributed by atoms with van der Waals surface area (Å²) in [5, 5.41) is 3.26. The number of hydrogen-bond acceptors (Lipinski definition) is 7. The number of aliphatic imine (C=N–C) groups is 2. The van der Waals surface area contributed by atoms with E-state index in [0.717, 1.165) is 59.2 Å². The molecule has 3 rings (SSSR count). The maximum absolute atomic E-state index is 11.8. The normalized spacial score (nSPS) is 14.0. The van der Waals surface area contributed by atoms with Crippen LogP contribution in [0.15, 0.2) is 75.5 Å². The van der Waals surface area contributed by atoms with Crippen molar-refractivity contribution in [2.75, 3.05) is 43.1 Å². The molecule has 196 valence electrons. The molecule has 1 aliphatic rings. The predicted octanol–water partition coefficient (Wildman–Crippen LogP) is 5.81. The molecule has 0 bridgehead atoms. The molecule has 0 saturated carbocycles. The van der Waals surface area contributed by atoms with Gasteiger partial charge in [-0.25, -0.2) is 4.79 Å². The van der Waals surface area contributed by atoms with E-state index in [0.29, 0.717) is 13.2 Å². The van der Waals surface area contributed by atoms with Crippen LogP contribution in [-0.4, -0.2) is 52.8 Å². The third-order valence-corrected chi connectivity index (χ3v) is 7.21. The fraction of sp³-hybridized carbons (Fsp3) is 0.345. The Bertz CT molecular complexity index is 1140. The molecule has 0 aromatic heterocycles. The summed E-state index contributed by atoms with van der Waals surface area (Å²) in [7, 11) is 1.98. The first-order chi connectivity index (χ1) is 18.0. The Morgan fingerprint density at radius 1 is 1.22 bits per heavy atom. The van der Waals surface area contributed by atoms with Crippen molar-refractivity contribution in [3.63, 3.8) is 0 Å². The summed E-state index contributed by atoms with van der Waals surface area (Å²) in [6, 6.07) is 14.7. The lowest BCUT2D eigenvalue weighted by Crippen LogP contribution is -2.23. The van der Waals surface area contributed by atoms with Gasteiger partial charge in [0, 0.05) is 47.4 Å². The van der Waals surface area contributed by atoms with Gasteiger partial charge in [0.25, 0.3) is 0 Å². The zero-order valence-corrected chi connectivity index (χ0v) is 22.9. The van der Waals surface area contributed by atoms with Crippen molar-refractivity contribution in [1.82, 2.24) is 5.32 Å². The first kappa shape index (κ1) is 28.2. The second-order valence-electron chi connectivity index (χ2n) is 8.70. The summed E-state index contributed by atoms with van der Waals surface area (Å²) in [5.74, 6) is 0.825. The number of benzene rings is 2. The van der Waals surface area contributed by atoms with Crippen LogP contribution in [0.1, 0.15) is 30.5 Å². The van der Waals surface area contributed by atoms with Crippen molar-refractivity contribution in [1.29, 1.82) is 0 Å². The van der Waals surface area contributed by atoms with Crippen LogP contribution in [0.3, 0.4) is 0 Å². The van der Waals surface area contributed by atoms with Crippen LogP contribution in [0.2, 0.25) is 0 Å². The number of nitrogens with one attached hydrogen (secondary N) is 1. The van der Waals surface area contributed by atoms with E-state index in [-0.39, 0.29) is 6.09 Å². The Hall–Kier alpha value is -3.36. The highest BCUT2D eigenvalue weighted by Gasteiger charge is 2.23. The summed E-state index contributed by atoms with van der Waals surface area (Å²) in [4.78, 5) is 24.9. The van der Waals surface area contributed by atoms with Crippen molar-refractivity contribution >= 4 is 42.7 Å². The number of ether oxygens (including phenoxy) is 1. The maximum atomic E-state index is 11.8. The quantitative estimate of drug-likeness (QED) is 0.319. The van der Waals surface area contributed by atoms with Crippen molar-refractivity contribution < 1.29 is 9.53 Å². The minimum absolute atomic E-state index is 0.288. The number of cyclic esters (lactones) is 1. The summed E-state index contributed by atoms with van der Waals surface area (Å²) in [6.07, 6.45) is 5.29. The van der Waals surface area contributed by atoms with Crippen LogP contribution >= 0.6 is 11.8 Å². The molecule has 0 spiro atoms. The fourth-order valence-electron chi connectivity index (χ4n) is 4.07. The summed E-state index contributed by atoms with van der Waals surface area (Å²) in [6.45, 7) is 14.2. The highest BCUT2D eigenvalue weighted by molar-refractivity contribution is 8.02. The minimum atomic E-state index is -0.288. The molecule has 1 N–H and O–H groups in total. The van der Waals surface area contributed by atoms with E-state index in [9.17, 15) is 4.79 Å². The number of hydrogen-bond donors (Lipinski definition) is 1. The van der Waals surface area contributed by atoms with E-state index in [1.807, 2.05) is 38.5 Å². The monoisotopic (exact) mass is 519 g/mol. The number of allylic oxidation sites excluding steroid dienone is 2. The van der Waals surface area contributed by atoms with E-state index >= 15 is 0 Å². The molecule has 37 heavy (non-hydrogen) atoms. The highest BCUT2D eigenvalue weighted by atomic mass is 32.2. The van der Waals surface area contributed by atoms with Crippen LogP contribution in [0.25, 0.3) is 0 Å². The summed E-state index contributed by atoms with van der Waals surface area (Å²) >= 11 is 1.78. The van der Waals surface area contributed by atoms with Gasteiger partial charge in [-0.15, -0.1) is 11.8 Å². The van der Waals surface area contributed by atoms with Crippen LogP contribution in [0, 0.1) is 0 Å². The molecule has 1 saturated heterocycles. The van der Waals surface area contributed by atoms with E-state index in [4.69, 9.17) is 4.74 Å². The molecular formula is C29H37N5O2S. The molecule has 1 amide bonds. The number of carbonyl (C=O) groups excluding carboxylic acids is 1. The van der Waals surface area contributed by atoms with Gasteiger partial charge >= 0.3 is 6.09 Å². The smallest absolute Gasteiger partial charge is 0.414 e. The van der Waals surface area contributed by atoms with Crippen molar-refractivity contribution in [3.05, 3.63) is 82.2 Å². The van der Waals surface area contributed by atoms with Gasteiger partial charge in [0.1, 0.15) is 6.61 Å². The standard InChI is InChI=1S/C29H37N5O2S/c1-6-33(20-22(2)32-5)27-12-9-24(13-14-30-3)25(18-27)21-37-28(19-31-4)17-23-7-10-26(11-8-23)34-15-16-36-29(34)35/h7-12,18-20,30H,4-6,13-17,21H2,1-3H3/b22-20-,28-19-. The predicted molar refractivity (Wildman–Crippen MR) is 158 cm³/mol. The molecule has 1 aliphatic heterocycles. The number of anilines is 2. The Morgan fingerprint density at radius 3 is 2.62 bits per heavy atom. The second kappa shape index (κ2) is 14.4. The van der Waals surface area contributed by atoms with E-state index in [2.05, 4.69) is 70.9 Å². The second-order valence-corrected chi connectivity index (χ2v) is 9.80. The lowest BCUT2D eigenvalue weighted by Gasteiger charge is -2.21. The van der Waals surface area contributed by atoms with Crippen LogP contribution in [0.5, 0.6) is 0 Å². The highest BCUT2D eigenvalue weighted by Crippen LogP contribution is 2.30. The number of nitrogens with zero attached hydrogens (tertiary/aromatic N) is 4. The zero-order chi connectivity index (χ0) is 26.6. The molecule has 0 aliphatic carbocycles. The fourth-order valence-corrected chi connectivity index (χ4v) is 5.10. The molecule has 0 unspecified atom stereocenters. The SMILES string of the molecule is C=N/C=C(/Cc1ccc(N2CCOC2=O)cc1)SCc1cc(N(/C=C(/C)N=C)CC)ccc1CCNC. The van der Waals surface area contributed by atoms with Gasteiger partial charge in [-0.3, -0.25) is 14.9 Å². The lowest BCUT2D eigenvalue weighted by molar-refractivity contribution is 0.181. The van der Waals surface area contributed by atoms with Crippen LogP contribution < -0.4 is 15.1 Å². The Morgan fingerprint density at radius 2 is 2.00 bits per heavy atom. The molecule has 0 radical (unpaired) electrons. The molecule has 7 nitrogen and oxygen atoms in total. The maximum Gasteiger partial charge on any atom is 0.414 e. The van der Waals surface area contributed by atoms with Gasteiger partial charge in [-0.05, 0) is 88.3 Å². The van der Waals surface area contributed by atoms with Gasteiger partial charge in [0.15, 0.2) is 0 Å². The molecule has 8 heteroatoms. The molecular weight excluding hydrogens is 482 g/mol. The van der Waals surface area contributed by atoms with Crippen LogP contribution in [-0.2, 0) is 23.3 Å². The number of likely N-dealkylation sites (N-methyl/N-ethyl adjacent to an activating group) is 1. The zero-order valence-electron chi connectivity index (χ0n) is 22.1. The van der Waals surface area contributed by atoms with Crippen molar-refractivity contribution in [2.24, 2.45) is 9.98 Å². The topological polar surface area (TPSA) is 69.5 Å². The third kappa shape index (κ3) is 8.06. The van der Waals surface area contributed by atoms with Gasteiger partial charge in [0.05, 0.1) is 12.2 Å². The van der Waals surface area contributed by atoms with Gasteiger partial charge in [-0.1, -0.05) is 18.2 Å². The first-order valence-electron chi connectivity index (χ1n) is 12.5. The molecule has 1 heterocycles. The Labute approximate surface area is 225 Å². The number of carbonyl (C=O) groups is 1. The number of thioether (sulfide) groups is 1. The first-order valence-corrected chi connectivity index (χ1v) is 13.5. The average molecular weight is 520 g/mol. The number of amides is 1. The summed E-state index contributed by atoms with van der Waals surface area (Å²) in [5.41, 5.74) is 6.65. The average Bonchev–Trinajstić information content (AvgIpc) is 3.35. The minimum Gasteiger partial charge on any atom is -0.447 e. The third-order valence-electron chi connectivity index (χ3n) is 6.13. The Balaban J connectivity index is 1.76. The number of rotatable bonds is 14. The van der Waals surface area contributed by atoms with Gasteiger partial charge in [0.2, 0.25) is 0 Å². The van der Waals surface area contributed by atoms with E-state index < -0.39 is 0 Å². The molecule has 1 fully saturated rings. The van der Waals surface area contributed by atoms with Crippen molar-refractivity contribution in [3.8, 4) is 0 Å². The van der Waals surface area contributed by atoms with E-state index in [1.165, 1.54) is 11.1 Å². The molecule has 2 aromatic rings. The van der Waals surface area contributed by atoms with Gasteiger partial charge < -0.3 is 15.0 Å².